The molecule has 1 aliphatic rings. The Morgan fingerprint density at radius 1 is 1.47 bits per heavy atom. The van der Waals surface area contributed by atoms with Crippen LogP contribution < -0.4 is 5.32 Å². The molecule has 0 amide bonds. The number of nitrogens with zero attached hydrogens (tertiary/aromatic N) is 2. The Kier molecular flexibility index (Phi) is 3.97. The average molecular weight is 270 g/mol. The smallest absolute Gasteiger partial charge is 0.132 e. The van der Waals surface area contributed by atoms with Crippen LogP contribution in [0.2, 0.25) is 5.15 Å². The maximum absolute atomic E-state index is 11.2. The molecule has 4 nitrogen and oxygen atoms in total. The van der Waals surface area contributed by atoms with Crippen molar-refractivity contribution in [2.75, 3.05) is 16.8 Å². The molecule has 1 aromatic heterocycles. The molecular formula is C11H12ClN3OS. The van der Waals surface area contributed by atoms with Crippen LogP contribution >= 0.6 is 11.6 Å². The van der Waals surface area contributed by atoms with E-state index >= 15 is 0 Å². The molecule has 0 atom stereocenters. The van der Waals surface area contributed by atoms with Gasteiger partial charge in [0.05, 0.1) is 11.6 Å². The third-order valence-electron chi connectivity index (χ3n) is 2.66. The maximum Gasteiger partial charge on any atom is 0.132 e. The van der Waals surface area contributed by atoms with Crippen LogP contribution in [0.15, 0.2) is 12.1 Å². The number of rotatable bonds is 2. The predicted octanol–water partition coefficient (Wildman–Crippen LogP) is 1.93. The lowest BCUT2D eigenvalue weighted by molar-refractivity contribution is 0.622. The van der Waals surface area contributed by atoms with Gasteiger partial charge in [0, 0.05) is 28.3 Å². The monoisotopic (exact) mass is 269 g/mol. The summed E-state index contributed by atoms with van der Waals surface area (Å²) < 4.78 is 11.2. The average Bonchev–Trinajstić information content (AvgIpc) is 2.31. The number of halogens is 1. The molecule has 0 saturated carbocycles. The lowest BCUT2D eigenvalue weighted by atomic mass is 10.1. The molecule has 1 fully saturated rings. The minimum atomic E-state index is -0.668. The highest BCUT2D eigenvalue weighted by atomic mass is 35.5. The van der Waals surface area contributed by atoms with E-state index in [1.807, 2.05) is 6.07 Å². The fourth-order valence-corrected chi connectivity index (χ4v) is 3.29. The van der Waals surface area contributed by atoms with Gasteiger partial charge in [-0.15, -0.1) is 0 Å². The van der Waals surface area contributed by atoms with Gasteiger partial charge in [0.2, 0.25) is 0 Å². The van der Waals surface area contributed by atoms with E-state index in [1.54, 1.807) is 6.07 Å². The minimum Gasteiger partial charge on any atom is -0.367 e. The number of anilines is 1. The number of hydrogen-bond donors (Lipinski definition) is 1. The fourth-order valence-electron chi connectivity index (χ4n) is 1.78. The van der Waals surface area contributed by atoms with Gasteiger partial charge in [-0.2, -0.15) is 5.26 Å². The van der Waals surface area contributed by atoms with Crippen molar-refractivity contribution in [1.82, 2.24) is 4.98 Å². The summed E-state index contributed by atoms with van der Waals surface area (Å²) in [4.78, 5) is 4.12. The zero-order chi connectivity index (χ0) is 12.3. The largest absolute Gasteiger partial charge is 0.367 e. The van der Waals surface area contributed by atoms with Crippen molar-refractivity contribution in [2.24, 2.45) is 0 Å². The van der Waals surface area contributed by atoms with Crippen LogP contribution in [0.3, 0.4) is 0 Å². The van der Waals surface area contributed by atoms with Gasteiger partial charge in [0.15, 0.2) is 0 Å². The highest BCUT2D eigenvalue weighted by molar-refractivity contribution is 7.85. The maximum atomic E-state index is 11.2. The van der Waals surface area contributed by atoms with Crippen molar-refractivity contribution in [2.45, 2.75) is 18.9 Å². The molecule has 2 rings (SSSR count). The Bertz CT molecular complexity index is 476. The third-order valence-corrected chi connectivity index (χ3v) is 4.24. The first-order valence-corrected chi connectivity index (χ1v) is 7.23. The molecule has 1 aliphatic heterocycles. The summed E-state index contributed by atoms with van der Waals surface area (Å²) in [6, 6.07) is 5.52. The Labute approximate surface area is 107 Å². The number of aromatic nitrogens is 1. The van der Waals surface area contributed by atoms with Gasteiger partial charge in [0.1, 0.15) is 11.0 Å². The van der Waals surface area contributed by atoms with E-state index in [2.05, 4.69) is 10.3 Å². The van der Waals surface area contributed by atoms with Gasteiger partial charge in [-0.05, 0) is 25.0 Å². The first-order chi connectivity index (χ1) is 8.17. The lowest BCUT2D eigenvalue weighted by Gasteiger charge is -2.23. The summed E-state index contributed by atoms with van der Waals surface area (Å²) in [6.07, 6.45) is 1.73. The standard InChI is InChI=1S/C11H12ClN3OS/c12-10-5-8(7-13)6-11(15-10)14-9-1-3-17(16)4-2-9/h5-6,9H,1-4H2,(H,14,15). The van der Waals surface area contributed by atoms with Gasteiger partial charge in [-0.3, -0.25) is 4.21 Å². The van der Waals surface area contributed by atoms with E-state index in [0.717, 1.165) is 24.3 Å². The second-order valence-electron chi connectivity index (χ2n) is 3.94. The third kappa shape index (κ3) is 3.42. The Balaban J connectivity index is 2.06. The second-order valence-corrected chi connectivity index (χ2v) is 6.03. The molecule has 2 heterocycles. The first-order valence-electron chi connectivity index (χ1n) is 5.36. The summed E-state index contributed by atoms with van der Waals surface area (Å²) >= 11 is 5.82. The van der Waals surface area contributed by atoms with Gasteiger partial charge in [-0.1, -0.05) is 11.6 Å². The van der Waals surface area contributed by atoms with Crippen LogP contribution in [-0.4, -0.2) is 26.7 Å². The molecule has 0 bridgehead atoms. The quantitative estimate of drug-likeness (QED) is 0.833. The van der Waals surface area contributed by atoms with E-state index in [1.165, 1.54) is 6.07 Å². The van der Waals surface area contributed by atoms with Crippen LogP contribution in [0, 0.1) is 11.3 Å². The molecular weight excluding hydrogens is 258 g/mol. The predicted molar refractivity (Wildman–Crippen MR) is 68.5 cm³/mol. The van der Waals surface area contributed by atoms with Gasteiger partial charge < -0.3 is 5.32 Å². The molecule has 0 aliphatic carbocycles. The van der Waals surface area contributed by atoms with E-state index in [4.69, 9.17) is 16.9 Å². The molecule has 0 radical (unpaired) electrons. The Hall–Kier alpha value is -1.12. The number of hydrogen-bond acceptors (Lipinski definition) is 4. The summed E-state index contributed by atoms with van der Waals surface area (Å²) in [7, 11) is -0.668. The molecule has 0 spiro atoms. The van der Waals surface area contributed by atoms with E-state index < -0.39 is 10.8 Å². The molecule has 1 N–H and O–H groups in total. The number of pyridine rings is 1. The molecule has 1 saturated heterocycles. The lowest BCUT2D eigenvalue weighted by Crippen LogP contribution is -2.29. The molecule has 90 valence electrons. The van der Waals surface area contributed by atoms with Crippen LogP contribution in [0.1, 0.15) is 18.4 Å². The minimum absolute atomic E-state index is 0.269. The molecule has 0 unspecified atom stereocenters. The van der Waals surface area contributed by atoms with Crippen LogP contribution in [0.25, 0.3) is 0 Å². The highest BCUT2D eigenvalue weighted by Gasteiger charge is 2.18. The summed E-state index contributed by atoms with van der Waals surface area (Å²) in [5.41, 5.74) is 0.492. The Morgan fingerprint density at radius 3 is 2.82 bits per heavy atom. The SMILES string of the molecule is N#Cc1cc(Cl)nc(NC2CCS(=O)CC2)c1. The molecule has 6 heteroatoms. The van der Waals surface area contributed by atoms with Gasteiger partial charge in [-0.25, -0.2) is 4.98 Å². The van der Waals surface area contributed by atoms with Crippen molar-refractivity contribution in [1.29, 1.82) is 5.26 Å². The molecule has 0 aromatic carbocycles. The van der Waals surface area contributed by atoms with Crippen molar-refractivity contribution in [3.8, 4) is 6.07 Å². The fraction of sp³-hybridized carbons (Fsp3) is 0.455. The van der Waals surface area contributed by atoms with Crippen molar-refractivity contribution < 1.29 is 4.21 Å². The number of nitrogens with one attached hydrogen (secondary N) is 1. The molecule has 1 aromatic rings. The van der Waals surface area contributed by atoms with Crippen molar-refractivity contribution in [3.63, 3.8) is 0 Å². The van der Waals surface area contributed by atoms with Crippen molar-refractivity contribution in [3.05, 3.63) is 22.8 Å². The zero-order valence-corrected chi connectivity index (χ0v) is 10.7. The zero-order valence-electron chi connectivity index (χ0n) is 9.15. The van der Waals surface area contributed by atoms with Gasteiger partial charge >= 0.3 is 0 Å². The Morgan fingerprint density at radius 2 is 2.18 bits per heavy atom. The number of nitriles is 1. The van der Waals surface area contributed by atoms with E-state index in [0.29, 0.717) is 16.5 Å². The van der Waals surface area contributed by atoms with Crippen molar-refractivity contribution >= 4 is 28.2 Å². The van der Waals surface area contributed by atoms with E-state index in [9.17, 15) is 4.21 Å². The van der Waals surface area contributed by atoms with Gasteiger partial charge in [0.25, 0.3) is 0 Å². The summed E-state index contributed by atoms with van der Waals surface area (Å²) in [5, 5.41) is 12.4. The topological polar surface area (TPSA) is 65.8 Å². The highest BCUT2D eigenvalue weighted by Crippen LogP contribution is 2.18. The normalized spacial score (nSPS) is 24.0. The van der Waals surface area contributed by atoms with E-state index in [-0.39, 0.29) is 6.04 Å². The van der Waals surface area contributed by atoms with Crippen LogP contribution in [0.5, 0.6) is 0 Å². The van der Waals surface area contributed by atoms with Crippen LogP contribution in [-0.2, 0) is 10.8 Å². The molecule has 17 heavy (non-hydrogen) atoms. The summed E-state index contributed by atoms with van der Waals surface area (Å²) in [5.74, 6) is 2.07. The first kappa shape index (κ1) is 12.3. The van der Waals surface area contributed by atoms with Crippen LogP contribution in [0.4, 0.5) is 5.82 Å². The second kappa shape index (κ2) is 5.48. The summed E-state index contributed by atoms with van der Waals surface area (Å²) in [6.45, 7) is 0.